The fourth-order valence-corrected chi connectivity index (χ4v) is 3.52. The molecule has 0 radical (unpaired) electrons. The van der Waals surface area contributed by atoms with Crippen molar-refractivity contribution in [3.8, 4) is 0 Å². The molecule has 2 heterocycles. The van der Waals surface area contributed by atoms with E-state index in [0.717, 1.165) is 36.9 Å². The average Bonchev–Trinajstić information content (AvgIpc) is 2.88. The number of aryl methyl sites for hydroxylation is 2. The molecule has 2 unspecified atom stereocenters. The van der Waals surface area contributed by atoms with Gasteiger partial charge in [0, 0.05) is 5.56 Å². The molecule has 6 nitrogen and oxygen atoms in total. The molecule has 1 aliphatic heterocycles. The summed E-state index contributed by atoms with van der Waals surface area (Å²) < 4.78 is 5.11. The maximum atomic E-state index is 12.8. The minimum Gasteiger partial charge on any atom is -0.361 e. The van der Waals surface area contributed by atoms with E-state index in [4.69, 9.17) is 4.52 Å². The van der Waals surface area contributed by atoms with Crippen molar-refractivity contribution in [3.05, 3.63) is 17.0 Å². The van der Waals surface area contributed by atoms with Gasteiger partial charge < -0.3 is 9.84 Å². The second-order valence-corrected chi connectivity index (χ2v) is 6.24. The smallest absolute Gasteiger partial charge is 0.325 e. The predicted molar refractivity (Wildman–Crippen MR) is 75.4 cm³/mol. The molecule has 1 saturated heterocycles. The second kappa shape index (κ2) is 4.86. The normalized spacial score (nSPS) is 29.3. The van der Waals surface area contributed by atoms with Crippen LogP contribution in [0.2, 0.25) is 0 Å². The molecule has 21 heavy (non-hydrogen) atoms. The third-order valence-electron chi connectivity index (χ3n) is 5.00. The van der Waals surface area contributed by atoms with Gasteiger partial charge in [0.25, 0.3) is 5.91 Å². The van der Waals surface area contributed by atoms with Crippen molar-refractivity contribution < 1.29 is 14.1 Å². The molecule has 0 bridgehead atoms. The van der Waals surface area contributed by atoms with Crippen LogP contribution in [0.25, 0.3) is 0 Å². The number of urea groups is 1. The fourth-order valence-electron chi connectivity index (χ4n) is 3.52. The number of hydrogen-bond donors (Lipinski definition) is 1. The highest BCUT2D eigenvalue weighted by Crippen LogP contribution is 2.38. The van der Waals surface area contributed by atoms with Crippen LogP contribution in [-0.4, -0.2) is 27.5 Å². The highest BCUT2D eigenvalue weighted by atomic mass is 16.5. The number of amides is 3. The first-order chi connectivity index (χ1) is 9.95. The first-order valence-corrected chi connectivity index (χ1v) is 7.51. The summed E-state index contributed by atoms with van der Waals surface area (Å²) in [6, 6.07) is -0.297. The number of nitrogens with zero attached hydrogens (tertiary/aromatic N) is 2. The van der Waals surface area contributed by atoms with E-state index >= 15 is 0 Å². The largest absolute Gasteiger partial charge is 0.361 e. The van der Waals surface area contributed by atoms with Crippen molar-refractivity contribution >= 4 is 11.9 Å². The van der Waals surface area contributed by atoms with Crippen molar-refractivity contribution in [2.75, 3.05) is 0 Å². The number of rotatable bonds is 2. The average molecular weight is 291 g/mol. The molecule has 114 valence electrons. The molecular formula is C15H21N3O3. The third kappa shape index (κ3) is 2.04. The Morgan fingerprint density at radius 1 is 1.38 bits per heavy atom. The number of hydrogen-bond acceptors (Lipinski definition) is 4. The topological polar surface area (TPSA) is 75.4 Å². The summed E-state index contributed by atoms with van der Waals surface area (Å²) in [6.45, 7) is 5.91. The van der Waals surface area contributed by atoms with E-state index in [1.165, 1.54) is 4.90 Å². The Hall–Kier alpha value is -1.85. The van der Waals surface area contributed by atoms with Gasteiger partial charge in [0.15, 0.2) is 0 Å². The van der Waals surface area contributed by atoms with Gasteiger partial charge in [-0.3, -0.25) is 9.69 Å². The van der Waals surface area contributed by atoms with Crippen LogP contribution in [0.5, 0.6) is 0 Å². The Kier molecular flexibility index (Phi) is 3.26. The van der Waals surface area contributed by atoms with Crippen LogP contribution in [0.1, 0.15) is 49.6 Å². The molecule has 2 atom stereocenters. The Morgan fingerprint density at radius 3 is 2.76 bits per heavy atom. The molecule has 1 aromatic heterocycles. The summed E-state index contributed by atoms with van der Waals surface area (Å²) in [5.41, 5.74) is 0.846. The zero-order chi connectivity index (χ0) is 15.2. The van der Waals surface area contributed by atoms with Gasteiger partial charge in [0.2, 0.25) is 0 Å². The van der Waals surface area contributed by atoms with Crippen LogP contribution in [0.15, 0.2) is 4.52 Å². The highest BCUT2D eigenvalue weighted by Gasteiger charge is 2.54. The van der Waals surface area contributed by atoms with E-state index < -0.39 is 5.54 Å². The third-order valence-corrected chi connectivity index (χ3v) is 5.00. The van der Waals surface area contributed by atoms with E-state index in [1.54, 1.807) is 6.92 Å². The summed E-state index contributed by atoms with van der Waals surface area (Å²) in [5, 5.41) is 6.84. The van der Waals surface area contributed by atoms with E-state index in [1.807, 2.05) is 6.92 Å². The lowest BCUT2D eigenvalue weighted by atomic mass is 9.73. The SMILES string of the molecule is Cc1noc(C)c1CN1C(=O)NC2(CCCCC2C)C1=O. The zero-order valence-corrected chi connectivity index (χ0v) is 12.7. The zero-order valence-electron chi connectivity index (χ0n) is 12.7. The molecule has 1 saturated carbocycles. The summed E-state index contributed by atoms with van der Waals surface area (Å²) in [4.78, 5) is 26.5. The molecule has 6 heteroatoms. The van der Waals surface area contributed by atoms with Crippen molar-refractivity contribution in [3.63, 3.8) is 0 Å². The Morgan fingerprint density at radius 2 is 2.14 bits per heavy atom. The molecule has 1 aromatic rings. The van der Waals surface area contributed by atoms with Crippen LogP contribution >= 0.6 is 0 Å². The Labute approximate surface area is 123 Å². The van der Waals surface area contributed by atoms with Gasteiger partial charge in [-0.15, -0.1) is 0 Å². The number of carbonyl (C=O) groups is 2. The van der Waals surface area contributed by atoms with Crippen LogP contribution in [0, 0.1) is 19.8 Å². The number of imide groups is 1. The molecule has 3 rings (SSSR count). The van der Waals surface area contributed by atoms with Gasteiger partial charge in [0.05, 0.1) is 12.2 Å². The molecule has 2 fully saturated rings. The van der Waals surface area contributed by atoms with E-state index in [9.17, 15) is 9.59 Å². The molecule has 3 amide bonds. The van der Waals surface area contributed by atoms with Gasteiger partial charge in [0.1, 0.15) is 11.3 Å². The van der Waals surface area contributed by atoms with Crippen LogP contribution in [-0.2, 0) is 11.3 Å². The molecule has 1 aliphatic carbocycles. The highest BCUT2D eigenvalue weighted by molar-refractivity contribution is 6.07. The van der Waals surface area contributed by atoms with Crippen molar-refractivity contribution in [1.82, 2.24) is 15.4 Å². The Bertz CT molecular complexity index is 575. The van der Waals surface area contributed by atoms with Gasteiger partial charge in [-0.25, -0.2) is 4.79 Å². The minimum atomic E-state index is -0.700. The van der Waals surface area contributed by atoms with Crippen molar-refractivity contribution in [1.29, 1.82) is 0 Å². The number of aromatic nitrogens is 1. The van der Waals surface area contributed by atoms with Gasteiger partial charge in [-0.1, -0.05) is 24.9 Å². The van der Waals surface area contributed by atoms with Gasteiger partial charge >= 0.3 is 6.03 Å². The van der Waals surface area contributed by atoms with E-state index in [0.29, 0.717) is 5.76 Å². The summed E-state index contributed by atoms with van der Waals surface area (Å²) in [6.07, 6.45) is 3.81. The van der Waals surface area contributed by atoms with Crippen LogP contribution in [0.3, 0.4) is 0 Å². The van der Waals surface area contributed by atoms with E-state index in [2.05, 4.69) is 17.4 Å². The number of carbonyl (C=O) groups excluding carboxylic acids is 2. The van der Waals surface area contributed by atoms with E-state index in [-0.39, 0.29) is 24.4 Å². The predicted octanol–water partition coefficient (Wildman–Crippen LogP) is 2.29. The first kappa shape index (κ1) is 14.1. The molecule has 1 N–H and O–H groups in total. The van der Waals surface area contributed by atoms with Crippen LogP contribution in [0.4, 0.5) is 4.79 Å². The maximum absolute atomic E-state index is 12.8. The molecule has 2 aliphatic rings. The molecule has 1 spiro atoms. The standard InChI is InChI=1S/C15H21N3O3/c1-9-6-4-5-7-15(9)13(19)18(14(20)16-15)8-12-10(2)17-21-11(12)3/h9H,4-8H2,1-3H3,(H,16,20). The molecular weight excluding hydrogens is 270 g/mol. The summed E-state index contributed by atoms with van der Waals surface area (Å²) >= 11 is 0. The summed E-state index contributed by atoms with van der Waals surface area (Å²) in [5.74, 6) is 0.739. The van der Waals surface area contributed by atoms with Crippen molar-refractivity contribution in [2.45, 2.75) is 58.5 Å². The fraction of sp³-hybridized carbons (Fsp3) is 0.667. The van der Waals surface area contributed by atoms with Crippen molar-refractivity contribution in [2.24, 2.45) is 5.92 Å². The minimum absolute atomic E-state index is 0.0975. The Balaban J connectivity index is 1.88. The first-order valence-electron chi connectivity index (χ1n) is 7.51. The lowest BCUT2D eigenvalue weighted by Gasteiger charge is -2.36. The monoisotopic (exact) mass is 291 g/mol. The van der Waals surface area contributed by atoms with Gasteiger partial charge in [-0.2, -0.15) is 0 Å². The molecule has 0 aromatic carbocycles. The van der Waals surface area contributed by atoms with Crippen LogP contribution < -0.4 is 5.32 Å². The summed E-state index contributed by atoms with van der Waals surface area (Å²) in [7, 11) is 0. The number of nitrogens with one attached hydrogen (secondary N) is 1. The lowest BCUT2D eigenvalue weighted by molar-refractivity contribution is -0.134. The quantitative estimate of drug-likeness (QED) is 0.848. The van der Waals surface area contributed by atoms with Gasteiger partial charge in [-0.05, 0) is 32.6 Å². The lowest BCUT2D eigenvalue weighted by Crippen LogP contribution is -2.53. The maximum Gasteiger partial charge on any atom is 0.325 e. The second-order valence-electron chi connectivity index (χ2n) is 6.24.